The molecule has 0 aromatic heterocycles. The van der Waals surface area contributed by atoms with Gasteiger partial charge in [0.2, 0.25) is 5.91 Å². The van der Waals surface area contributed by atoms with E-state index in [9.17, 15) is 9.18 Å². The topological polar surface area (TPSA) is 55.1 Å². The summed E-state index contributed by atoms with van der Waals surface area (Å²) in [6, 6.07) is 6.45. The number of benzene rings is 1. The lowest BCUT2D eigenvalue weighted by atomic mass is 9.77. The average molecular weight is 264 g/mol. The summed E-state index contributed by atoms with van der Waals surface area (Å²) >= 11 is 0. The SMILES string of the molecule is NCCCC(=O)NC(c1ccc(F)cc1)C1CCC1. The molecule has 104 valence electrons. The number of hydrogen-bond acceptors (Lipinski definition) is 2. The van der Waals surface area contributed by atoms with E-state index in [-0.39, 0.29) is 17.8 Å². The van der Waals surface area contributed by atoms with Crippen LogP contribution in [0.3, 0.4) is 0 Å². The van der Waals surface area contributed by atoms with Gasteiger partial charge in [-0.1, -0.05) is 18.6 Å². The van der Waals surface area contributed by atoms with Crippen LogP contribution in [0.25, 0.3) is 0 Å². The Morgan fingerprint density at radius 3 is 2.58 bits per heavy atom. The molecule has 0 spiro atoms. The van der Waals surface area contributed by atoms with Gasteiger partial charge < -0.3 is 11.1 Å². The summed E-state index contributed by atoms with van der Waals surface area (Å²) in [6.07, 6.45) is 4.62. The number of amides is 1. The van der Waals surface area contributed by atoms with Gasteiger partial charge in [-0.2, -0.15) is 0 Å². The lowest BCUT2D eigenvalue weighted by molar-refractivity contribution is -0.122. The van der Waals surface area contributed by atoms with Gasteiger partial charge in [0.15, 0.2) is 0 Å². The van der Waals surface area contributed by atoms with Gasteiger partial charge in [-0.15, -0.1) is 0 Å². The first-order chi connectivity index (χ1) is 9.20. The highest BCUT2D eigenvalue weighted by Crippen LogP contribution is 2.37. The Morgan fingerprint density at radius 1 is 1.37 bits per heavy atom. The van der Waals surface area contributed by atoms with Crippen molar-refractivity contribution in [2.24, 2.45) is 11.7 Å². The first-order valence-corrected chi connectivity index (χ1v) is 6.95. The van der Waals surface area contributed by atoms with Crippen LogP contribution in [0.1, 0.15) is 43.7 Å². The summed E-state index contributed by atoms with van der Waals surface area (Å²) in [5, 5.41) is 3.07. The van der Waals surface area contributed by atoms with E-state index in [0.29, 0.717) is 25.3 Å². The summed E-state index contributed by atoms with van der Waals surface area (Å²) < 4.78 is 13.0. The number of rotatable bonds is 6. The highest BCUT2D eigenvalue weighted by molar-refractivity contribution is 5.76. The van der Waals surface area contributed by atoms with Crippen LogP contribution in [0.4, 0.5) is 4.39 Å². The predicted octanol–water partition coefficient (Wildman–Crippen LogP) is 2.52. The third-order valence-electron chi connectivity index (χ3n) is 3.77. The molecule has 0 radical (unpaired) electrons. The summed E-state index contributed by atoms with van der Waals surface area (Å²) in [7, 11) is 0. The Kier molecular flexibility index (Phi) is 4.91. The maximum Gasteiger partial charge on any atom is 0.220 e. The van der Waals surface area contributed by atoms with Gasteiger partial charge in [-0.25, -0.2) is 4.39 Å². The summed E-state index contributed by atoms with van der Waals surface area (Å²) in [4.78, 5) is 11.9. The van der Waals surface area contributed by atoms with Gasteiger partial charge in [0.05, 0.1) is 6.04 Å². The molecule has 1 aromatic carbocycles. The lowest BCUT2D eigenvalue weighted by Gasteiger charge is -2.34. The van der Waals surface area contributed by atoms with Gasteiger partial charge in [0, 0.05) is 6.42 Å². The highest BCUT2D eigenvalue weighted by atomic mass is 19.1. The van der Waals surface area contributed by atoms with Crippen LogP contribution in [-0.4, -0.2) is 12.5 Å². The smallest absolute Gasteiger partial charge is 0.220 e. The average Bonchev–Trinajstić information content (AvgIpc) is 2.34. The summed E-state index contributed by atoms with van der Waals surface area (Å²) in [5.41, 5.74) is 6.40. The Balaban J connectivity index is 2.03. The van der Waals surface area contributed by atoms with Crippen molar-refractivity contribution in [1.29, 1.82) is 0 Å². The molecule has 19 heavy (non-hydrogen) atoms. The van der Waals surface area contributed by atoms with Gasteiger partial charge in [0.1, 0.15) is 5.82 Å². The van der Waals surface area contributed by atoms with E-state index in [2.05, 4.69) is 5.32 Å². The van der Waals surface area contributed by atoms with Gasteiger partial charge >= 0.3 is 0 Å². The molecule has 1 atom stereocenters. The van der Waals surface area contributed by atoms with E-state index >= 15 is 0 Å². The predicted molar refractivity (Wildman–Crippen MR) is 72.9 cm³/mol. The fourth-order valence-electron chi connectivity index (χ4n) is 2.42. The van der Waals surface area contributed by atoms with Crippen LogP contribution in [0, 0.1) is 11.7 Å². The molecule has 1 fully saturated rings. The number of nitrogens with two attached hydrogens (primary N) is 1. The van der Waals surface area contributed by atoms with Crippen molar-refractivity contribution in [2.45, 2.75) is 38.1 Å². The second kappa shape index (κ2) is 6.66. The molecule has 0 aliphatic heterocycles. The van der Waals surface area contributed by atoms with Crippen molar-refractivity contribution >= 4 is 5.91 Å². The minimum absolute atomic E-state index is 0.0135. The van der Waals surface area contributed by atoms with Crippen molar-refractivity contribution in [2.75, 3.05) is 6.54 Å². The molecule has 1 aliphatic carbocycles. The molecule has 4 heteroatoms. The number of hydrogen-bond donors (Lipinski definition) is 2. The molecule has 1 amide bonds. The van der Waals surface area contributed by atoms with Gasteiger partial charge in [-0.3, -0.25) is 4.79 Å². The molecule has 3 nitrogen and oxygen atoms in total. The molecule has 1 aromatic rings. The number of carbonyl (C=O) groups excluding carboxylic acids is 1. The number of halogens is 1. The molecule has 0 saturated heterocycles. The van der Waals surface area contributed by atoms with Crippen LogP contribution in [0.2, 0.25) is 0 Å². The fourth-order valence-corrected chi connectivity index (χ4v) is 2.42. The van der Waals surface area contributed by atoms with Gasteiger partial charge in [0.25, 0.3) is 0 Å². The van der Waals surface area contributed by atoms with Gasteiger partial charge in [-0.05, 0) is 49.4 Å². The van der Waals surface area contributed by atoms with Crippen molar-refractivity contribution in [3.8, 4) is 0 Å². The summed E-state index contributed by atoms with van der Waals surface area (Å²) in [5.74, 6) is 0.268. The first-order valence-electron chi connectivity index (χ1n) is 6.95. The summed E-state index contributed by atoms with van der Waals surface area (Å²) in [6.45, 7) is 0.526. The van der Waals surface area contributed by atoms with E-state index in [1.807, 2.05) is 0 Å². The second-order valence-electron chi connectivity index (χ2n) is 5.18. The van der Waals surface area contributed by atoms with Crippen molar-refractivity contribution in [3.63, 3.8) is 0 Å². The van der Waals surface area contributed by atoms with E-state index in [1.54, 1.807) is 12.1 Å². The molecular formula is C15H21FN2O. The largest absolute Gasteiger partial charge is 0.349 e. The molecule has 1 aliphatic rings. The van der Waals surface area contributed by atoms with Crippen LogP contribution < -0.4 is 11.1 Å². The quantitative estimate of drug-likeness (QED) is 0.829. The van der Waals surface area contributed by atoms with E-state index in [4.69, 9.17) is 5.73 Å². The zero-order valence-corrected chi connectivity index (χ0v) is 11.1. The van der Waals surface area contributed by atoms with Crippen LogP contribution in [0.5, 0.6) is 0 Å². The number of carbonyl (C=O) groups is 1. The third-order valence-corrected chi connectivity index (χ3v) is 3.77. The number of nitrogens with one attached hydrogen (secondary N) is 1. The Bertz CT molecular complexity index is 415. The standard InChI is InChI=1S/C15H21FN2O/c16-13-8-6-12(7-9-13)15(11-3-1-4-11)18-14(19)5-2-10-17/h6-9,11,15H,1-5,10,17H2,(H,18,19). The molecule has 3 N–H and O–H groups in total. The van der Waals surface area contributed by atoms with Crippen molar-refractivity contribution < 1.29 is 9.18 Å². The van der Waals surface area contributed by atoms with E-state index < -0.39 is 0 Å². The third kappa shape index (κ3) is 3.77. The Morgan fingerprint density at radius 2 is 2.05 bits per heavy atom. The monoisotopic (exact) mass is 264 g/mol. The normalized spacial score (nSPS) is 16.7. The van der Waals surface area contributed by atoms with E-state index in [1.165, 1.54) is 18.6 Å². The maximum atomic E-state index is 13.0. The van der Waals surface area contributed by atoms with Crippen LogP contribution in [0.15, 0.2) is 24.3 Å². The minimum Gasteiger partial charge on any atom is -0.349 e. The van der Waals surface area contributed by atoms with Crippen molar-refractivity contribution in [3.05, 3.63) is 35.6 Å². The molecular weight excluding hydrogens is 243 g/mol. The van der Waals surface area contributed by atoms with Crippen LogP contribution >= 0.6 is 0 Å². The Hall–Kier alpha value is -1.42. The molecule has 0 heterocycles. The van der Waals surface area contributed by atoms with Crippen LogP contribution in [-0.2, 0) is 4.79 Å². The molecule has 1 saturated carbocycles. The minimum atomic E-state index is -0.245. The van der Waals surface area contributed by atoms with Crippen molar-refractivity contribution in [1.82, 2.24) is 5.32 Å². The highest BCUT2D eigenvalue weighted by Gasteiger charge is 2.29. The van der Waals surface area contributed by atoms with E-state index in [0.717, 1.165) is 18.4 Å². The second-order valence-corrected chi connectivity index (χ2v) is 5.18. The zero-order chi connectivity index (χ0) is 13.7. The molecule has 1 unspecified atom stereocenters. The first kappa shape index (κ1) is 14.0. The lowest BCUT2D eigenvalue weighted by Crippen LogP contribution is -2.36. The zero-order valence-electron chi connectivity index (χ0n) is 11.1. The Labute approximate surface area is 113 Å². The molecule has 2 rings (SSSR count). The fraction of sp³-hybridized carbons (Fsp3) is 0.533. The maximum absolute atomic E-state index is 13.0. The molecule has 0 bridgehead atoms.